The molecule has 0 aliphatic carbocycles. The van der Waals surface area contributed by atoms with Crippen molar-refractivity contribution >= 4 is 27.0 Å². The Labute approximate surface area is 155 Å². The number of hydrogen-bond acceptors (Lipinski definition) is 4. The van der Waals surface area contributed by atoms with Gasteiger partial charge in [-0.15, -0.1) is 0 Å². The van der Waals surface area contributed by atoms with E-state index in [1.54, 1.807) is 44.4 Å². The minimum absolute atomic E-state index is 0.0153. The van der Waals surface area contributed by atoms with E-state index in [4.69, 9.17) is 0 Å². The van der Waals surface area contributed by atoms with Crippen LogP contribution in [0.15, 0.2) is 58.2 Å². The van der Waals surface area contributed by atoms with Gasteiger partial charge in [0, 0.05) is 14.1 Å². The van der Waals surface area contributed by atoms with Crippen LogP contribution < -0.4 is 10.4 Å². The van der Waals surface area contributed by atoms with Crippen molar-refractivity contribution in [3.63, 3.8) is 0 Å². The monoisotopic (exact) mass is 389 g/mol. The number of aliphatic carboxylic acids is 1. The Kier molecular flexibility index (Phi) is 4.90. The highest BCUT2D eigenvalue weighted by atomic mass is 32.2. The van der Waals surface area contributed by atoms with Gasteiger partial charge in [-0.2, -0.15) is 4.72 Å². The summed E-state index contributed by atoms with van der Waals surface area (Å²) in [7, 11) is -0.952. The summed E-state index contributed by atoms with van der Waals surface area (Å²) in [6.45, 7) is 0. The second-order valence-corrected chi connectivity index (χ2v) is 7.97. The number of hydrogen-bond donors (Lipinski definition) is 2. The fourth-order valence-electron chi connectivity index (χ4n) is 2.94. The van der Waals surface area contributed by atoms with Crippen LogP contribution in [0.4, 0.5) is 0 Å². The molecule has 0 amide bonds. The first kappa shape index (κ1) is 18.9. The Morgan fingerprint density at radius 2 is 1.70 bits per heavy atom. The normalized spacial score (nSPS) is 13.0. The second-order valence-electron chi connectivity index (χ2n) is 6.25. The van der Waals surface area contributed by atoms with E-state index in [1.165, 1.54) is 27.3 Å². The number of benzene rings is 2. The molecule has 3 rings (SSSR count). The first-order chi connectivity index (χ1) is 12.7. The number of carboxylic acid groups (broad SMARTS) is 1. The summed E-state index contributed by atoms with van der Waals surface area (Å²) >= 11 is 0. The zero-order valence-corrected chi connectivity index (χ0v) is 15.6. The molecule has 0 saturated heterocycles. The maximum atomic E-state index is 12.7. The first-order valence-corrected chi connectivity index (χ1v) is 9.63. The maximum absolute atomic E-state index is 12.7. The Morgan fingerprint density at radius 1 is 1.07 bits per heavy atom. The Balaban J connectivity index is 1.95. The van der Waals surface area contributed by atoms with E-state index in [1.807, 2.05) is 0 Å². The molecule has 142 valence electrons. The third kappa shape index (κ3) is 3.64. The predicted octanol–water partition coefficient (Wildman–Crippen LogP) is 0.851. The Hall–Kier alpha value is -2.91. The molecule has 27 heavy (non-hydrogen) atoms. The van der Waals surface area contributed by atoms with E-state index < -0.39 is 22.0 Å². The molecule has 9 heteroatoms. The number of aromatic nitrogens is 2. The lowest BCUT2D eigenvalue weighted by Gasteiger charge is -2.15. The van der Waals surface area contributed by atoms with Crippen molar-refractivity contribution in [3.05, 3.63) is 64.6 Å². The van der Waals surface area contributed by atoms with Crippen LogP contribution in [0.25, 0.3) is 11.0 Å². The predicted molar refractivity (Wildman–Crippen MR) is 100 cm³/mol. The summed E-state index contributed by atoms with van der Waals surface area (Å²) in [6.07, 6.45) is 0.0153. The number of carbonyl (C=O) groups is 1. The summed E-state index contributed by atoms with van der Waals surface area (Å²) in [4.78, 5) is 23.5. The highest BCUT2D eigenvalue weighted by molar-refractivity contribution is 7.89. The van der Waals surface area contributed by atoms with Crippen molar-refractivity contribution < 1.29 is 18.3 Å². The van der Waals surface area contributed by atoms with Gasteiger partial charge in [-0.05, 0) is 30.2 Å². The van der Waals surface area contributed by atoms with Crippen LogP contribution in [0.2, 0.25) is 0 Å². The van der Waals surface area contributed by atoms with Crippen LogP contribution in [-0.4, -0.2) is 34.7 Å². The van der Waals surface area contributed by atoms with Crippen molar-refractivity contribution in [2.45, 2.75) is 17.4 Å². The average Bonchev–Trinajstić information content (AvgIpc) is 2.86. The number of sulfonamides is 1. The standard InChI is InChI=1S/C18H19N3O5S/c1-20-15-9-8-13(11-16(15)21(2)18(20)24)27(25,26)19-14(17(22)23)10-12-6-4-3-5-7-12/h3-9,11,14,19H,10H2,1-2H3,(H,22,23)/t14-/m1/s1. The average molecular weight is 389 g/mol. The van der Waals surface area contributed by atoms with Gasteiger partial charge in [0.2, 0.25) is 10.0 Å². The molecule has 1 heterocycles. The number of nitrogens with one attached hydrogen (secondary N) is 1. The molecule has 0 radical (unpaired) electrons. The Morgan fingerprint density at radius 3 is 2.33 bits per heavy atom. The van der Waals surface area contributed by atoms with Crippen LogP contribution in [0.1, 0.15) is 5.56 Å². The smallest absolute Gasteiger partial charge is 0.328 e. The number of carboxylic acids is 1. The zero-order chi connectivity index (χ0) is 19.8. The fraction of sp³-hybridized carbons (Fsp3) is 0.222. The van der Waals surface area contributed by atoms with Crippen molar-refractivity contribution in [1.29, 1.82) is 0 Å². The molecule has 1 atom stereocenters. The number of aryl methyl sites for hydroxylation is 2. The molecule has 3 aromatic rings. The molecule has 0 fully saturated rings. The highest BCUT2D eigenvalue weighted by Gasteiger charge is 2.26. The maximum Gasteiger partial charge on any atom is 0.328 e. The molecule has 0 aliphatic heterocycles. The van der Waals surface area contributed by atoms with E-state index in [0.717, 1.165) is 0 Å². The summed E-state index contributed by atoms with van der Waals surface area (Å²) in [5.41, 5.74) is 1.45. The molecule has 0 saturated carbocycles. The first-order valence-electron chi connectivity index (χ1n) is 8.15. The molecule has 0 spiro atoms. The van der Waals surface area contributed by atoms with E-state index in [0.29, 0.717) is 16.6 Å². The van der Waals surface area contributed by atoms with Crippen LogP contribution in [0, 0.1) is 0 Å². The van der Waals surface area contributed by atoms with E-state index >= 15 is 0 Å². The lowest BCUT2D eigenvalue weighted by Crippen LogP contribution is -2.42. The summed E-state index contributed by atoms with van der Waals surface area (Å²) in [6, 6.07) is 11.7. The number of nitrogens with zero attached hydrogens (tertiary/aromatic N) is 2. The molecule has 0 unspecified atom stereocenters. The Bertz CT molecular complexity index is 1160. The van der Waals surface area contributed by atoms with Gasteiger partial charge in [-0.1, -0.05) is 30.3 Å². The van der Waals surface area contributed by atoms with Crippen molar-refractivity contribution in [1.82, 2.24) is 13.9 Å². The highest BCUT2D eigenvalue weighted by Crippen LogP contribution is 2.18. The molecular formula is C18H19N3O5S. The molecular weight excluding hydrogens is 370 g/mol. The van der Waals surface area contributed by atoms with Gasteiger partial charge < -0.3 is 5.11 Å². The third-order valence-electron chi connectivity index (χ3n) is 4.43. The van der Waals surface area contributed by atoms with Gasteiger partial charge in [0.05, 0.1) is 15.9 Å². The summed E-state index contributed by atoms with van der Waals surface area (Å²) < 4.78 is 30.4. The molecule has 2 aromatic carbocycles. The van der Waals surface area contributed by atoms with Gasteiger partial charge >= 0.3 is 11.7 Å². The zero-order valence-electron chi connectivity index (χ0n) is 14.8. The SMILES string of the molecule is Cn1c(=O)n(C)c2cc(S(=O)(=O)N[C@H](Cc3ccccc3)C(=O)O)ccc21. The molecule has 2 N–H and O–H groups in total. The lowest BCUT2D eigenvalue weighted by atomic mass is 10.1. The van der Waals surface area contributed by atoms with Crippen LogP contribution in [0.3, 0.4) is 0 Å². The molecule has 8 nitrogen and oxygen atoms in total. The second kappa shape index (κ2) is 7.01. The number of rotatable bonds is 6. The van der Waals surface area contributed by atoms with Gasteiger partial charge in [0.25, 0.3) is 0 Å². The quantitative estimate of drug-likeness (QED) is 0.649. The van der Waals surface area contributed by atoms with E-state index in [2.05, 4.69) is 4.72 Å². The van der Waals surface area contributed by atoms with Gasteiger partial charge in [-0.25, -0.2) is 13.2 Å². The topological polar surface area (TPSA) is 110 Å². The van der Waals surface area contributed by atoms with Gasteiger partial charge in [0.1, 0.15) is 6.04 Å². The summed E-state index contributed by atoms with van der Waals surface area (Å²) in [5, 5.41) is 9.42. The largest absolute Gasteiger partial charge is 0.480 e. The molecule has 0 bridgehead atoms. The van der Waals surface area contributed by atoms with Crippen LogP contribution >= 0.6 is 0 Å². The van der Waals surface area contributed by atoms with Crippen molar-refractivity contribution in [2.24, 2.45) is 14.1 Å². The molecule has 1 aromatic heterocycles. The number of fused-ring (bicyclic) bond motifs is 1. The minimum atomic E-state index is -4.09. The van der Waals surface area contributed by atoms with Crippen LogP contribution in [0.5, 0.6) is 0 Å². The van der Waals surface area contributed by atoms with Crippen LogP contribution in [-0.2, 0) is 35.3 Å². The lowest BCUT2D eigenvalue weighted by molar-refractivity contribution is -0.138. The van der Waals surface area contributed by atoms with Gasteiger partial charge in [0.15, 0.2) is 0 Å². The molecule has 0 aliphatic rings. The third-order valence-corrected chi connectivity index (χ3v) is 5.90. The fourth-order valence-corrected chi connectivity index (χ4v) is 4.15. The van der Waals surface area contributed by atoms with E-state index in [-0.39, 0.29) is 17.0 Å². The van der Waals surface area contributed by atoms with Gasteiger partial charge in [-0.3, -0.25) is 13.9 Å². The minimum Gasteiger partial charge on any atom is -0.480 e. The van der Waals surface area contributed by atoms with E-state index in [9.17, 15) is 23.1 Å². The van der Waals surface area contributed by atoms with Crippen molar-refractivity contribution in [3.8, 4) is 0 Å². The van der Waals surface area contributed by atoms with Crippen molar-refractivity contribution in [2.75, 3.05) is 0 Å². The summed E-state index contributed by atoms with van der Waals surface area (Å²) in [5.74, 6) is -1.27. The number of imidazole rings is 1.